The SMILES string of the molecule is O=c1[nH]cnc2c1ncn2[C@H]1CCO[C@@H]1CCO. The molecule has 0 aliphatic carbocycles. The zero-order chi connectivity index (χ0) is 12.5. The number of rotatable bonds is 3. The first-order valence-electron chi connectivity index (χ1n) is 5.94. The van der Waals surface area contributed by atoms with Crippen LogP contribution in [-0.4, -0.2) is 43.9 Å². The molecule has 7 heteroatoms. The summed E-state index contributed by atoms with van der Waals surface area (Å²) in [6.07, 6.45) is 4.36. The number of aromatic amines is 1. The van der Waals surface area contributed by atoms with Crippen LogP contribution in [0.2, 0.25) is 0 Å². The van der Waals surface area contributed by atoms with Crippen molar-refractivity contribution in [3.63, 3.8) is 0 Å². The molecule has 1 aliphatic rings. The summed E-state index contributed by atoms with van der Waals surface area (Å²) in [5.41, 5.74) is 0.667. The fourth-order valence-corrected chi connectivity index (χ4v) is 2.46. The van der Waals surface area contributed by atoms with Gasteiger partial charge in [-0.3, -0.25) is 4.79 Å². The number of aromatic nitrogens is 4. The summed E-state index contributed by atoms with van der Waals surface area (Å²) in [5.74, 6) is 0. The number of ether oxygens (including phenoxy) is 1. The van der Waals surface area contributed by atoms with Crippen molar-refractivity contribution in [3.05, 3.63) is 23.0 Å². The molecule has 2 aromatic heterocycles. The van der Waals surface area contributed by atoms with Crippen LogP contribution in [0.1, 0.15) is 18.9 Å². The minimum absolute atomic E-state index is 0.0477. The quantitative estimate of drug-likeness (QED) is 0.789. The van der Waals surface area contributed by atoms with Crippen molar-refractivity contribution >= 4 is 11.2 Å². The highest BCUT2D eigenvalue weighted by atomic mass is 16.5. The van der Waals surface area contributed by atoms with Crippen LogP contribution in [-0.2, 0) is 4.74 Å². The van der Waals surface area contributed by atoms with Crippen molar-refractivity contribution < 1.29 is 9.84 Å². The van der Waals surface area contributed by atoms with Gasteiger partial charge in [-0.05, 0) is 12.8 Å². The lowest BCUT2D eigenvalue weighted by Crippen LogP contribution is -2.21. The van der Waals surface area contributed by atoms with Crippen molar-refractivity contribution in [3.8, 4) is 0 Å². The molecule has 3 rings (SSSR count). The molecular formula is C11H14N4O3. The molecule has 96 valence electrons. The van der Waals surface area contributed by atoms with Crippen LogP contribution in [0.15, 0.2) is 17.4 Å². The first kappa shape index (κ1) is 11.4. The second kappa shape index (κ2) is 4.51. The maximum atomic E-state index is 11.6. The van der Waals surface area contributed by atoms with E-state index in [0.717, 1.165) is 6.42 Å². The summed E-state index contributed by atoms with van der Waals surface area (Å²) in [6.45, 7) is 0.736. The Morgan fingerprint density at radius 2 is 2.44 bits per heavy atom. The zero-order valence-electron chi connectivity index (χ0n) is 9.74. The van der Waals surface area contributed by atoms with Gasteiger partial charge in [-0.25, -0.2) is 9.97 Å². The normalized spacial score (nSPS) is 23.8. The highest BCUT2D eigenvalue weighted by Gasteiger charge is 2.30. The Morgan fingerprint density at radius 3 is 3.28 bits per heavy atom. The Morgan fingerprint density at radius 1 is 1.56 bits per heavy atom. The van der Waals surface area contributed by atoms with Gasteiger partial charge in [-0.15, -0.1) is 0 Å². The predicted octanol–water partition coefficient (Wildman–Crippen LogP) is -0.168. The Bertz CT molecular complexity index is 606. The third-order valence-electron chi connectivity index (χ3n) is 3.31. The van der Waals surface area contributed by atoms with Crippen molar-refractivity contribution in [2.45, 2.75) is 25.0 Å². The van der Waals surface area contributed by atoms with Gasteiger partial charge in [0.25, 0.3) is 5.56 Å². The van der Waals surface area contributed by atoms with Crippen LogP contribution in [0.4, 0.5) is 0 Å². The number of fused-ring (bicyclic) bond motifs is 1. The first-order chi connectivity index (χ1) is 8.81. The Labute approximate surface area is 102 Å². The summed E-state index contributed by atoms with van der Waals surface area (Å²) in [5, 5.41) is 9.02. The molecule has 0 aromatic carbocycles. The number of nitrogens with one attached hydrogen (secondary N) is 1. The topological polar surface area (TPSA) is 93.0 Å². The third-order valence-corrected chi connectivity index (χ3v) is 3.31. The summed E-state index contributed by atoms with van der Waals surface area (Å²) in [7, 11) is 0. The maximum Gasteiger partial charge on any atom is 0.278 e. The van der Waals surface area contributed by atoms with Crippen LogP contribution in [0.3, 0.4) is 0 Å². The molecule has 1 aliphatic heterocycles. The molecule has 3 heterocycles. The van der Waals surface area contributed by atoms with Gasteiger partial charge in [0, 0.05) is 13.2 Å². The van der Waals surface area contributed by atoms with E-state index in [1.807, 2.05) is 4.57 Å². The summed E-state index contributed by atoms with van der Waals surface area (Å²) < 4.78 is 7.46. The van der Waals surface area contributed by atoms with Crippen molar-refractivity contribution in [1.82, 2.24) is 19.5 Å². The van der Waals surface area contributed by atoms with Crippen LogP contribution < -0.4 is 5.56 Å². The molecule has 0 amide bonds. The lowest BCUT2D eigenvalue weighted by atomic mass is 10.1. The van der Waals surface area contributed by atoms with E-state index in [-0.39, 0.29) is 24.3 Å². The number of imidazole rings is 1. The van der Waals surface area contributed by atoms with Gasteiger partial charge in [0.1, 0.15) is 0 Å². The zero-order valence-corrected chi connectivity index (χ0v) is 9.74. The second-order valence-corrected chi connectivity index (χ2v) is 4.33. The molecule has 2 atom stereocenters. The smallest absolute Gasteiger partial charge is 0.278 e. The number of aliphatic hydroxyl groups is 1. The van der Waals surface area contributed by atoms with Crippen LogP contribution in [0.5, 0.6) is 0 Å². The fourth-order valence-electron chi connectivity index (χ4n) is 2.46. The van der Waals surface area contributed by atoms with Crippen LogP contribution in [0, 0.1) is 0 Å². The molecule has 1 fully saturated rings. The molecule has 0 unspecified atom stereocenters. The van der Waals surface area contributed by atoms with E-state index < -0.39 is 0 Å². The fraction of sp³-hybridized carbons (Fsp3) is 0.545. The molecule has 2 N–H and O–H groups in total. The number of H-pyrrole nitrogens is 1. The number of hydrogen-bond donors (Lipinski definition) is 2. The predicted molar refractivity (Wildman–Crippen MR) is 63.2 cm³/mol. The lowest BCUT2D eigenvalue weighted by Gasteiger charge is -2.19. The van der Waals surface area contributed by atoms with Gasteiger partial charge in [0.05, 0.1) is 24.8 Å². The van der Waals surface area contributed by atoms with Gasteiger partial charge in [-0.1, -0.05) is 0 Å². The molecule has 0 radical (unpaired) electrons. The number of hydrogen-bond acceptors (Lipinski definition) is 5. The van der Waals surface area contributed by atoms with E-state index in [4.69, 9.17) is 9.84 Å². The Balaban J connectivity index is 2.04. The van der Waals surface area contributed by atoms with Gasteiger partial charge in [-0.2, -0.15) is 0 Å². The first-order valence-corrected chi connectivity index (χ1v) is 5.94. The molecule has 18 heavy (non-hydrogen) atoms. The molecule has 0 bridgehead atoms. The molecular weight excluding hydrogens is 236 g/mol. The third kappa shape index (κ3) is 1.72. The number of nitrogens with zero attached hydrogens (tertiary/aromatic N) is 3. The van der Waals surface area contributed by atoms with E-state index >= 15 is 0 Å². The van der Waals surface area contributed by atoms with Crippen molar-refractivity contribution in [1.29, 1.82) is 0 Å². The highest BCUT2D eigenvalue weighted by Crippen LogP contribution is 2.29. The standard InChI is InChI=1S/C11H14N4O3/c16-3-1-8-7(2-4-18-8)15-6-14-9-10(15)12-5-13-11(9)17/h5-8,16H,1-4H2,(H,12,13,17)/t7-,8+/m0/s1. The minimum Gasteiger partial charge on any atom is -0.396 e. The maximum absolute atomic E-state index is 11.6. The van der Waals surface area contributed by atoms with Gasteiger partial charge < -0.3 is 19.4 Å². The molecule has 0 saturated carbocycles. The monoisotopic (exact) mass is 250 g/mol. The lowest BCUT2D eigenvalue weighted by molar-refractivity contribution is 0.0699. The summed E-state index contributed by atoms with van der Waals surface area (Å²) in [4.78, 5) is 22.3. The average Bonchev–Trinajstić information content (AvgIpc) is 2.96. The Kier molecular flexibility index (Phi) is 2.85. The van der Waals surface area contributed by atoms with E-state index in [1.165, 1.54) is 6.33 Å². The average molecular weight is 250 g/mol. The Hall–Kier alpha value is -1.73. The van der Waals surface area contributed by atoms with Gasteiger partial charge >= 0.3 is 0 Å². The van der Waals surface area contributed by atoms with Crippen molar-refractivity contribution in [2.24, 2.45) is 0 Å². The summed E-state index contributed by atoms with van der Waals surface area (Å²) in [6, 6.07) is 0.0800. The van der Waals surface area contributed by atoms with Gasteiger partial charge in [0.2, 0.25) is 0 Å². The van der Waals surface area contributed by atoms with E-state index in [1.54, 1.807) is 6.33 Å². The second-order valence-electron chi connectivity index (χ2n) is 4.33. The van der Waals surface area contributed by atoms with Crippen LogP contribution >= 0.6 is 0 Å². The molecule has 0 spiro atoms. The molecule has 7 nitrogen and oxygen atoms in total. The van der Waals surface area contributed by atoms with Gasteiger partial charge in [0.15, 0.2) is 11.2 Å². The summed E-state index contributed by atoms with van der Waals surface area (Å²) >= 11 is 0. The van der Waals surface area contributed by atoms with Crippen LogP contribution in [0.25, 0.3) is 11.2 Å². The highest BCUT2D eigenvalue weighted by molar-refractivity contribution is 5.68. The van der Waals surface area contributed by atoms with E-state index in [0.29, 0.717) is 24.2 Å². The minimum atomic E-state index is -0.239. The van der Waals surface area contributed by atoms with E-state index in [2.05, 4.69) is 15.0 Å². The largest absolute Gasteiger partial charge is 0.396 e. The van der Waals surface area contributed by atoms with Crippen molar-refractivity contribution in [2.75, 3.05) is 13.2 Å². The number of aliphatic hydroxyl groups excluding tert-OH is 1. The molecule has 2 aromatic rings. The van der Waals surface area contributed by atoms with E-state index in [9.17, 15) is 4.79 Å². The molecule has 1 saturated heterocycles.